The van der Waals surface area contributed by atoms with Crippen molar-refractivity contribution in [1.82, 2.24) is 0 Å². The number of hydrogen-bond donors (Lipinski definition) is 2. The fourth-order valence-electron chi connectivity index (χ4n) is 2.53. The van der Waals surface area contributed by atoms with E-state index in [1.54, 1.807) is 6.92 Å². The Balaban J connectivity index is 2.43. The Morgan fingerprint density at radius 3 is 2.57 bits per heavy atom. The molecule has 1 aromatic heterocycles. The maximum atomic E-state index is 11.9. The van der Waals surface area contributed by atoms with Crippen molar-refractivity contribution in [3.63, 3.8) is 0 Å². The molecule has 116 valence electrons. The molecule has 4 N–H and O–H groups in total. The zero-order chi connectivity index (χ0) is 15.8. The number of amides is 1. The van der Waals surface area contributed by atoms with Crippen molar-refractivity contribution < 1.29 is 14.3 Å². The summed E-state index contributed by atoms with van der Waals surface area (Å²) >= 11 is 1.19. The number of nitrogen functional groups attached to an aromatic ring is 1. The monoisotopic (exact) mass is 311 g/mol. The summed E-state index contributed by atoms with van der Waals surface area (Å²) in [7, 11) is 0. The van der Waals surface area contributed by atoms with E-state index in [2.05, 4.69) is 18.7 Å². The number of hydrogen-bond acceptors (Lipinski definition) is 6. The van der Waals surface area contributed by atoms with Crippen molar-refractivity contribution in [3.8, 4) is 0 Å². The van der Waals surface area contributed by atoms with E-state index < -0.39 is 11.9 Å². The lowest BCUT2D eigenvalue weighted by molar-refractivity contribution is 0.0533. The van der Waals surface area contributed by atoms with E-state index >= 15 is 0 Å². The van der Waals surface area contributed by atoms with Crippen LogP contribution in [0.2, 0.25) is 0 Å². The minimum atomic E-state index is -0.612. The molecule has 6 nitrogen and oxygen atoms in total. The summed E-state index contributed by atoms with van der Waals surface area (Å²) < 4.78 is 4.98. The van der Waals surface area contributed by atoms with Crippen molar-refractivity contribution >= 4 is 33.9 Å². The minimum absolute atomic E-state index is 0.130. The Kier molecular flexibility index (Phi) is 4.13. The number of primary amides is 1. The SMILES string of the molecule is CCOC(=O)c1sc(N2CCC(C)(C)C2)c(C(N)=O)c1N. The normalized spacial score (nSPS) is 17.0. The zero-order valence-electron chi connectivity index (χ0n) is 12.6. The van der Waals surface area contributed by atoms with Crippen LogP contribution in [0.25, 0.3) is 0 Å². The average Bonchev–Trinajstić information content (AvgIpc) is 2.89. The second kappa shape index (κ2) is 5.55. The van der Waals surface area contributed by atoms with Crippen LogP contribution < -0.4 is 16.4 Å². The Hall–Kier alpha value is -1.76. The van der Waals surface area contributed by atoms with E-state index in [0.29, 0.717) is 5.00 Å². The molecule has 21 heavy (non-hydrogen) atoms. The van der Waals surface area contributed by atoms with Gasteiger partial charge in [-0.15, -0.1) is 11.3 Å². The molecule has 0 spiro atoms. The van der Waals surface area contributed by atoms with Gasteiger partial charge in [0.05, 0.1) is 17.9 Å². The van der Waals surface area contributed by atoms with Gasteiger partial charge < -0.3 is 21.1 Å². The Morgan fingerprint density at radius 1 is 1.43 bits per heavy atom. The number of nitrogens with two attached hydrogens (primary N) is 2. The van der Waals surface area contributed by atoms with Gasteiger partial charge in [0.2, 0.25) is 0 Å². The Labute approximate surface area is 128 Å². The van der Waals surface area contributed by atoms with Gasteiger partial charge in [0, 0.05) is 13.1 Å². The molecule has 0 saturated carbocycles. The molecule has 2 rings (SSSR count). The highest BCUT2D eigenvalue weighted by atomic mass is 32.1. The molecule has 1 aromatic rings. The molecule has 1 aliphatic heterocycles. The topological polar surface area (TPSA) is 98.6 Å². The highest BCUT2D eigenvalue weighted by molar-refractivity contribution is 7.19. The lowest BCUT2D eigenvalue weighted by atomic mass is 9.93. The third-order valence-electron chi connectivity index (χ3n) is 3.60. The third-order valence-corrected chi connectivity index (χ3v) is 4.84. The summed E-state index contributed by atoms with van der Waals surface area (Å²) in [5.41, 5.74) is 11.9. The van der Waals surface area contributed by atoms with Crippen LogP contribution in [-0.2, 0) is 4.74 Å². The number of anilines is 2. The molecular weight excluding hydrogens is 290 g/mol. The summed E-state index contributed by atoms with van der Waals surface area (Å²) in [6.07, 6.45) is 1.01. The fourth-order valence-corrected chi connectivity index (χ4v) is 3.67. The van der Waals surface area contributed by atoms with Crippen LogP contribution in [0, 0.1) is 5.41 Å². The summed E-state index contributed by atoms with van der Waals surface area (Å²) in [4.78, 5) is 26.0. The summed E-state index contributed by atoms with van der Waals surface area (Å²) in [5.74, 6) is -1.12. The summed E-state index contributed by atoms with van der Waals surface area (Å²) in [6, 6.07) is 0. The van der Waals surface area contributed by atoms with Crippen LogP contribution in [0.4, 0.5) is 10.7 Å². The Bertz CT molecular complexity index is 580. The van der Waals surface area contributed by atoms with E-state index in [9.17, 15) is 9.59 Å². The maximum absolute atomic E-state index is 11.9. The van der Waals surface area contributed by atoms with Gasteiger partial charge in [0.1, 0.15) is 9.88 Å². The predicted molar refractivity (Wildman–Crippen MR) is 83.8 cm³/mol. The van der Waals surface area contributed by atoms with Gasteiger partial charge >= 0.3 is 5.97 Å². The quantitative estimate of drug-likeness (QED) is 0.827. The molecule has 0 atom stereocenters. The first-order chi connectivity index (χ1) is 9.76. The molecule has 0 aliphatic carbocycles. The van der Waals surface area contributed by atoms with Gasteiger partial charge in [0.25, 0.3) is 5.91 Å². The second-order valence-electron chi connectivity index (χ2n) is 5.95. The molecule has 2 heterocycles. The summed E-state index contributed by atoms with van der Waals surface area (Å²) in [5, 5.41) is 0.675. The summed E-state index contributed by atoms with van der Waals surface area (Å²) in [6.45, 7) is 7.93. The number of carbonyl (C=O) groups excluding carboxylic acids is 2. The zero-order valence-corrected chi connectivity index (χ0v) is 13.4. The van der Waals surface area contributed by atoms with Crippen LogP contribution in [0.15, 0.2) is 0 Å². The van der Waals surface area contributed by atoms with Crippen molar-refractivity contribution in [1.29, 1.82) is 0 Å². The maximum Gasteiger partial charge on any atom is 0.350 e. The van der Waals surface area contributed by atoms with Crippen molar-refractivity contribution in [2.75, 3.05) is 30.3 Å². The van der Waals surface area contributed by atoms with Crippen molar-refractivity contribution in [2.24, 2.45) is 11.1 Å². The van der Waals surface area contributed by atoms with Crippen LogP contribution in [-0.4, -0.2) is 31.6 Å². The van der Waals surface area contributed by atoms with Gasteiger partial charge in [-0.3, -0.25) is 4.79 Å². The number of rotatable bonds is 4. The number of esters is 1. The molecule has 0 radical (unpaired) electrons. The first-order valence-electron chi connectivity index (χ1n) is 6.91. The van der Waals surface area contributed by atoms with Gasteiger partial charge in [-0.1, -0.05) is 13.8 Å². The predicted octanol–water partition coefficient (Wildman–Crippen LogP) is 1.84. The highest BCUT2D eigenvalue weighted by Crippen LogP contribution is 2.42. The van der Waals surface area contributed by atoms with Crippen molar-refractivity contribution in [2.45, 2.75) is 27.2 Å². The van der Waals surface area contributed by atoms with E-state index in [0.717, 1.165) is 19.5 Å². The molecule has 1 saturated heterocycles. The highest BCUT2D eigenvalue weighted by Gasteiger charge is 2.34. The molecule has 0 unspecified atom stereocenters. The van der Waals surface area contributed by atoms with E-state index in [1.807, 2.05) is 0 Å². The second-order valence-corrected chi connectivity index (χ2v) is 6.94. The smallest absolute Gasteiger partial charge is 0.350 e. The van der Waals surface area contributed by atoms with E-state index in [-0.39, 0.29) is 28.1 Å². The lowest BCUT2D eigenvalue weighted by Gasteiger charge is -2.20. The molecule has 1 fully saturated rings. The van der Waals surface area contributed by atoms with Crippen molar-refractivity contribution in [3.05, 3.63) is 10.4 Å². The van der Waals surface area contributed by atoms with Crippen LogP contribution in [0.3, 0.4) is 0 Å². The number of thiophene rings is 1. The fraction of sp³-hybridized carbons (Fsp3) is 0.571. The first-order valence-corrected chi connectivity index (χ1v) is 7.72. The molecule has 0 aromatic carbocycles. The van der Waals surface area contributed by atoms with E-state index in [1.165, 1.54) is 11.3 Å². The van der Waals surface area contributed by atoms with Crippen LogP contribution in [0.5, 0.6) is 0 Å². The minimum Gasteiger partial charge on any atom is -0.462 e. The van der Waals surface area contributed by atoms with Gasteiger partial charge in [-0.05, 0) is 18.8 Å². The number of ether oxygens (including phenoxy) is 1. The van der Waals surface area contributed by atoms with Crippen LogP contribution in [0.1, 0.15) is 47.2 Å². The van der Waals surface area contributed by atoms with Gasteiger partial charge in [-0.2, -0.15) is 0 Å². The van der Waals surface area contributed by atoms with Gasteiger partial charge in [-0.25, -0.2) is 4.79 Å². The third kappa shape index (κ3) is 2.97. The van der Waals surface area contributed by atoms with Crippen LogP contribution >= 0.6 is 11.3 Å². The molecular formula is C14H21N3O3S. The molecule has 1 amide bonds. The number of nitrogens with zero attached hydrogens (tertiary/aromatic N) is 1. The Morgan fingerprint density at radius 2 is 2.10 bits per heavy atom. The molecule has 1 aliphatic rings. The number of carbonyl (C=O) groups is 2. The van der Waals surface area contributed by atoms with E-state index in [4.69, 9.17) is 16.2 Å². The lowest BCUT2D eigenvalue weighted by Crippen LogP contribution is -2.25. The largest absolute Gasteiger partial charge is 0.462 e. The molecule has 7 heteroatoms. The standard InChI is InChI=1S/C14H21N3O3S/c1-4-20-13(19)10-9(15)8(11(16)18)12(21-10)17-6-5-14(2,3)7-17/h4-7,15H2,1-3H3,(H2,16,18). The average molecular weight is 311 g/mol. The molecule has 0 bridgehead atoms. The van der Waals surface area contributed by atoms with Gasteiger partial charge in [0.15, 0.2) is 0 Å². The first kappa shape index (κ1) is 15.6.